The second-order valence-electron chi connectivity index (χ2n) is 7.19. The van der Waals surface area contributed by atoms with Gasteiger partial charge in [0.05, 0.1) is 7.11 Å². The molecule has 2 amide bonds. The Bertz CT molecular complexity index is 810. The van der Waals surface area contributed by atoms with Crippen LogP contribution in [0.1, 0.15) is 39.2 Å². The van der Waals surface area contributed by atoms with Crippen molar-refractivity contribution >= 4 is 11.8 Å². The molecule has 0 aromatic heterocycles. The van der Waals surface area contributed by atoms with E-state index in [0.717, 1.165) is 12.0 Å². The summed E-state index contributed by atoms with van der Waals surface area (Å²) >= 11 is 0. The number of nitrogens with one attached hydrogen (secondary N) is 1. The van der Waals surface area contributed by atoms with Crippen LogP contribution < -0.4 is 14.8 Å². The maximum Gasteiger partial charge on any atom is 0.261 e. The third-order valence-corrected chi connectivity index (χ3v) is 5.00. The van der Waals surface area contributed by atoms with Gasteiger partial charge in [-0.1, -0.05) is 56.3 Å². The highest BCUT2D eigenvalue weighted by Gasteiger charge is 2.29. The molecular weight excluding hydrogens is 380 g/mol. The summed E-state index contributed by atoms with van der Waals surface area (Å²) in [5.74, 6) is 0.649. The molecule has 2 aromatic rings. The molecule has 0 radical (unpaired) electrons. The van der Waals surface area contributed by atoms with Crippen LogP contribution in [0.3, 0.4) is 0 Å². The van der Waals surface area contributed by atoms with Gasteiger partial charge in [0.25, 0.3) is 5.91 Å². The first-order valence-electron chi connectivity index (χ1n) is 10.4. The van der Waals surface area contributed by atoms with E-state index in [4.69, 9.17) is 9.47 Å². The summed E-state index contributed by atoms with van der Waals surface area (Å²) in [6, 6.07) is 16.3. The standard InChI is InChI=1S/C24H32N2O4/c1-5-18(3)25-24(28)20(6-2)26(16-19-12-8-7-9-13-19)23(27)17-30-22-15-11-10-14-21(22)29-4/h7-15,18,20H,5-6,16-17H2,1-4H3,(H,25,28)/t18-,20+/m0/s1. The molecule has 0 heterocycles. The topological polar surface area (TPSA) is 67.9 Å². The van der Waals surface area contributed by atoms with Crippen LogP contribution in [0.15, 0.2) is 54.6 Å². The summed E-state index contributed by atoms with van der Waals surface area (Å²) in [6.07, 6.45) is 1.33. The van der Waals surface area contributed by atoms with Crippen molar-refractivity contribution in [3.8, 4) is 11.5 Å². The highest BCUT2D eigenvalue weighted by atomic mass is 16.5. The summed E-state index contributed by atoms with van der Waals surface area (Å²) < 4.78 is 11.0. The lowest BCUT2D eigenvalue weighted by molar-refractivity contribution is -0.143. The number of nitrogens with zero attached hydrogens (tertiary/aromatic N) is 1. The first kappa shape index (κ1) is 23.3. The van der Waals surface area contributed by atoms with Crippen molar-refractivity contribution < 1.29 is 19.1 Å². The molecule has 0 aliphatic rings. The average Bonchev–Trinajstić information content (AvgIpc) is 2.78. The molecule has 0 bridgehead atoms. The van der Waals surface area contributed by atoms with E-state index < -0.39 is 6.04 Å². The molecule has 0 fully saturated rings. The number of hydrogen-bond donors (Lipinski definition) is 1. The van der Waals surface area contributed by atoms with Crippen molar-refractivity contribution in [1.29, 1.82) is 0 Å². The van der Waals surface area contributed by atoms with Crippen LogP contribution in [0.25, 0.3) is 0 Å². The predicted molar refractivity (Wildman–Crippen MR) is 117 cm³/mol. The third kappa shape index (κ3) is 6.51. The molecule has 6 heteroatoms. The van der Waals surface area contributed by atoms with E-state index in [9.17, 15) is 9.59 Å². The van der Waals surface area contributed by atoms with Gasteiger partial charge in [-0.05, 0) is 37.5 Å². The van der Waals surface area contributed by atoms with Crippen molar-refractivity contribution in [1.82, 2.24) is 10.2 Å². The molecule has 2 aromatic carbocycles. The smallest absolute Gasteiger partial charge is 0.261 e. The maximum absolute atomic E-state index is 13.2. The number of carbonyl (C=O) groups excluding carboxylic acids is 2. The first-order chi connectivity index (χ1) is 14.5. The molecule has 0 spiro atoms. The Labute approximate surface area is 179 Å². The van der Waals surface area contributed by atoms with Gasteiger partial charge in [0, 0.05) is 12.6 Å². The molecule has 0 saturated carbocycles. The van der Waals surface area contributed by atoms with E-state index in [2.05, 4.69) is 5.32 Å². The van der Waals surface area contributed by atoms with Crippen molar-refractivity contribution in [2.75, 3.05) is 13.7 Å². The van der Waals surface area contributed by atoms with Crippen LogP contribution in [-0.2, 0) is 16.1 Å². The van der Waals surface area contributed by atoms with Gasteiger partial charge in [-0.2, -0.15) is 0 Å². The highest BCUT2D eigenvalue weighted by molar-refractivity contribution is 5.88. The number of hydrogen-bond acceptors (Lipinski definition) is 4. The minimum atomic E-state index is -0.576. The van der Waals surface area contributed by atoms with E-state index in [0.29, 0.717) is 24.5 Å². The molecule has 2 rings (SSSR count). The van der Waals surface area contributed by atoms with Crippen LogP contribution >= 0.6 is 0 Å². The molecule has 30 heavy (non-hydrogen) atoms. The number of benzene rings is 2. The number of carbonyl (C=O) groups is 2. The molecule has 0 saturated heterocycles. The molecular formula is C24H32N2O4. The highest BCUT2D eigenvalue weighted by Crippen LogP contribution is 2.26. The lowest BCUT2D eigenvalue weighted by atomic mass is 10.1. The van der Waals surface area contributed by atoms with E-state index in [1.807, 2.05) is 63.2 Å². The number of ether oxygens (including phenoxy) is 2. The van der Waals surface area contributed by atoms with Crippen molar-refractivity contribution in [3.63, 3.8) is 0 Å². The van der Waals surface area contributed by atoms with Gasteiger partial charge in [-0.15, -0.1) is 0 Å². The molecule has 0 aliphatic heterocycles. The van der Waals surface area contributed by atoms with Gasteiger partial charge in [0.1, 0.15) is 6.04 Å². The van der Waals surface area contributed by atoms with Gasteiger partial charge >= 0.3 is 0 Å². The van der Waals surface area contributed by atoms with Crippen LogP contribution in [-0.4, -0.2) is 42.5 Å². The normalized spacial score (nSPS) is 12.5. The van der Waals surface area contributed by atoms with Gasteiger partial charge < -0.3 is 19.7 Å². The summed E-state index contributed by atoms with van der Waals surface area (Å²) in [7, 11) is 1.55. The van der Waals surface area contributed by atoms with Crippen LogP contribution in [0, 0.1) is 0 Å². The summed E-state index contributed by atoms with van der Waals surface area (Å²) in [5.41, 5.74) is 0.956. The van der Waals surface area contributed by atoms with Gasteiger partial charge in [-0.25, -0.2) is 0 Å². The van der Waals surface area contributed by atoms with Gasteiger partial charge in [0.2, 0.25) is 5.91 Å². The largest absolute Gasteiger partial charge is 0.493 e. The van der Waals surface area contributed by atoms with Gasteiger partial charge in [-0.3, -0.25) is 9.59 Å². The fraction of sp³-hybridized carbons (Fsp3) is 0.417. The minimum absolute atomic E-state index is 0.0463. The Hall–Kier alpha value is -3.02. The zero-order valence-electron chi connectivity index (χ0n) is 18.3. The lowest BCUT2D eigenvalue weighted by Gasteiger charge is -2.31. The van der Waals surface area contributed by atoms with Crippen LogP contribution in [0.4, 0.5) is 0 Å². The van der Waals surface area contributed by atoms with Gasteiger partial charge in [0.15, 0.2) is 18.1 Å². The lowest BCUT2D eigenvalue weighted by Crippen LogP contribution is -2.51. The van der Waals surface area contributed by atoms with E-state index in [-0.39, 0.29) is 24.5 Å². The zero-order chi connectivity index (χ0) is 21.9. The molecule has 0 aliphatic carbocycles. The Balaban J connectivity index is 2.20. The Morgan fingerprint density at radius 3 is 2.20 bits per heavy atom. The van der Waals surface area contributed by atoms with E-state index >= 15 is 0 Å². The Kier molecular flexibility index (Phi) is 9.19. The molecule has 162 valence electrons. The summed E-state index contributed by atoms with van der Waals surface area (Å²) in [4.78, 5) is 27.6. The predicted octanol–water partition coefficient (Wildman–Crippen LogP) is 3.80. The fourth-order valence-electron chi connectivity index (χ4n) is 3.10. The van der Waals surface area contributed by atoms with Crippen molar-refractivity contribution in [3.05, 3.63) is 60.2 Å². The third-order valence-electron chi connectivity index (χ3n) is 5.00. The second-order valence-corrected chi connectivity index (χ2v) is 7.19. The van der Waals surface area contributed by atoms with E-state index in [1.54, 1.807) is 24.1 Å². The SMILES string of the molecule is CC[C@H](C(=O)N[C@@H](C)CC)N(Cc1ccccc1)C(=O)COc1ccccc1OC. The quantitative estimate of drug-likeness (QED) is 0.610. The van der Waals surface area contributed by atoms with Crippen LogP contribution in [0.2, 0.25) is 0 Å². The molecule has 1 N–H and O–H groups in total. The molecule has 2 atom stereocenters. The first-order valence-corrected chi connectivity index (χ1v) is 10.4. The number of methoxy groups -OCH3 is 1. The fourth-order valence-corrected chi connectivity index (χ4v) is 3.10. The number of amides is 2. The van der Waals surface area contributed by atoms with Crippen molar-refractivity contribution in [2.24, 2.45) is 0 Å². The minimum Gasteiger partial charge on any atom is -0.493 e. The second kappa shape index (κ2) is 11.9. The molecule has 0 unspecified atom stereocenters. The maximum atomic E-state index is 13.2. The summed E-state index contributed by atoms with van der Waals surface area (Å²) in [6.45, 7) is 6.04. The van der Waals surface area contributed by atoms with Crippen molar-refractivity contribution in [2.45, 2.75) is 52.2 Å². The Morgan fingerprint density at radius 2 is 1.60 bits per heavy atom. The number of rotatable bonds is 11. The molecule has 6 nitrogen and oxygen atoms in total. The average molecular weight is 413 g/mol. The number of para-hydroxylation sites is 2. The van der Waals surface area contributed by atoms with Crippen LogP contribution in [0.5, 0.6) is 11.5 Å². The monoisotopic (exact) mass is 412 g/mol. The van der Waals surface area contributed by atoms with E-state index in [1.165, 1.54) is 0 Å². The zero-order valence-corrected chi connectivity index (χ0v) is 18.3. The Morgan fingerprint density at radius 1 is 0.967 bits per heavy atom. The summed E-state index contributed by atoms with van der Waals surface area (Å²) in [5, 5.41) is 3.00.